The number of likely N-dealkylation sites (N-methyl/N-ethyl adjacent to an activating group) is 1. The Bertz CT molecular complexity index is 1030. The Morgan fingerprint density at radius 2 is 1.85 bits per heavy atom. The lowest BCUT2D eigenvalue weighted by atomic mass is 9.84. The standard InChI is InChI=1S/C26H33FN2O5/c1-29(14-11-18-5-8-22(33-3)23(15-18)34-4)25(31)10-13-26(12-9-24(30)28-26)17-19-6-7-20(32-2)16-21(19)27/h5-8,15-16H,9-14,17H2,1-4H3,(H,28,30)/t26-/m1/s1. The van der Waals surface area contributed by atoms with Crippen LogP contribution in [0.3, 0.4) is 0 Å². The van der Waals surface area contributed by atoms with Gasteiger partial charge in [-0.15, -0.1) is 0 Å². The summed E-state index contributed by atoms with van der Waals surface area (Å²) in [5.74, 6) is 1.29. The van der Waals surface area contributed by atoms with Crippen molar-refractivity contribution in [1.29, 1.82) is 0 Å². The maximum Gasteiger partial charge on any atom is 0.222 e. The Morgan fingerprint density at radius 1 is 1.09 bits per heavy atom. The van der Waals surface area contributed by atoms with E-state index >= 15 is 0 Å². The molecule has 0 radical (unpaired) electrons. The third-order valence-electron chi connectivity index (χ3n) is 6.45. The Kier molecular flexibility index (Phi) is 8.36. The number of carbonyl (C=O) groups excluding carboxylic acids is 2. The zero-order valence-electron chi connectivity index (χ0n) is 20.3. The van der Waals surface area contributed by atoms with Gasteiger partial charge in [-0.1, -0.05) is 12.1 Å². The van der Waals surface area contributed by atoms with Crippen LogP contribution in [0.4, 0.5) is 4.39 Å². The van der Waals surface area contributed by atoms with Gasteiger partial charge < -0.3 is 24.4 Å². The number of methoxy groups -OCH3 is 3. The van der Waals surface area contributed by atoms with Crippen molar-refractivity contribution >= 4 is 11.8 Å². The first-order chi connectivity index (χ1) is 16.3. The molecule has 1 heterocycles. The van der Waals surface area contributed by atoms with Crippen LogP contribution < -0.4 is 19.5 Å². The van der Waals surface area contributed by atoms with Crippen LogP contribution in [0, 0.1) is 5.82 Å². The Hall–Kier alpha value is -3.29. The molecule has 0 saturated carbocycles. The molecular weight excluding hydrogens is 439 g/mol. The molecule has 1 aliphatic rings. The zero-order chi connectivity index (χ0) is 24.7. The second-order valence-electron chi connectivity index (χ2n) is 8.72. The summed E-state index contributed by atoms with van der Waals surface area (Å²) >= 11 is 0. The topological polar surface area (TPSA) is 77.1 Å². The summed E-state index contributed by atoms with van der Waals surface area (Å²) in [5, 5.41) is 3.01. The van der Waals surface area contributed by atoms with E-state index in [4.69, 9.17) is 14.2 Å². The maximum absolute atomic E-state index is 14.6. The van der Waals surface area contributed by atoms with Gasteiger partial charge in [0.15, 0.2) is 11.5 Å². The van der Waals surface area contributed by atoms with Crippen LogP contribution in [-0.4, -0.2) is 57.2 Å². The molecule has 2 aromatic carbocycles. The van der Waals surface area contributed by atoms with Gasteiger partial charge in [0.2, 0.25) is 11.8 Å². The van der Waals surface area contributed by atoms with Gasteiger partial charge in [-0.05, 0) is 55.0 Å². The van der Waals surface area contributed by atoms with E-state index in [1.165, 1.54) is 13.2 Å². The van der Waals surface area contributed by atoms with Crippen molar-refractivity contribution in [2.45, 2.75) is 44.1 Å². The first kappa shape index (κ1) is 25.3. The smallest absolute Gasteiger partial charge is 0.222 e. The van der Waals surface area contributed by atoms with Gasteiger partial charge in [-0.25, -0.2) is 4.39 Å². The summed E-state index contributed by atoms with van der Waals surface area (Å²) in [7, 11) is 6.44. The van der Waals surface area contributed by atoms with Crippen LogP contribution in [-0.2, 0) is 22.4 Å². The number of carbonyl (C=O) groups is 2. The molecule has 34 heavy (non-hydrogen) atoms. The van der Waals surface area contributed by atoms with Gasteiger partial charge >= 0.3 is 0 Å². The van der Waals surface area contributed by atoms with E-state index in [0.717, 1.165) is 5.56 Å². The number of rotatable bonds is 11. The first-order valence-electron chi connectivity index (χ1n) is 11.4. The number of ether oxygens (including phenoxy) is 3. The quantitative estimate of drug-likeness (QED) is 0.542. The number of amides is 2. The molecule has 0 aliphatic carbocycles. The number of benzene rings is 2. The molecule has 0 bridgehead atoms. The highest BCUT2D eigenvalue weighted by Crippen LogP contribution is 2.32. The van der Waals surface area contributed by atoms with Gasteiger partial charge in [-0.2, -0.15) is 0 Å². The molecule has 3 rings (SSSR count). The molecular formula is C26H33FN2O5. The van der Waals surface area contributed by atoms with Crippen molar-refractivity contribution in [1.82, 2.24) is 10.2 Å². The average molecular weight is 473 g/mol. The monoisotopic (exact) mass is 472 g/mol. The summed E-state index contributed by atoms with van der Waals surface area (Å²) in [5.41, 5.74) is 0.899. The van der Waals surface area contributed by atoms with Crippen LogP contribution in [0.1, 0.15) is 36.8 Å². The summed E-state index contributed by atoms with van der Waals surface area (Å²) in [6.45, 7) is 0.542. The van der Waals surface area contributed by atoms with Gasteiger partial charge in [-0.3, -0.25) is 9.59 Å². The summed E-state index contributed by atoms with van der Waals surface area (Å²) in [6, 6.07) is 10.4. The van der Waals surface area contributed by atoms with E-state index in [1.54, 1.807) is 38.3 Å². The largest absolute Gasteiger partial charge is 0.497 e. The summed E-state index contributed by atoms with van der Waals surface area (Å²) < 4.78 is 30.2. The molecule has 1 saturated heterocycles. The minimum Gasteiger partial charge on any atom is -0.497 e. The van der Waals surface area contributed by atoms with Crippen LogP contribution >= 0.6 is 0 Å². The SMILES string of the molecule is COc1ccc(C[C@]2(CCC(=O)N(C)CCc3ccc(OC)c(OC)c3)CCC(=O)N2)c(F)c1. The van der Waals surface area contributed by atoms with E-state index in [0.29, 0.717) is 61.5 Å². The molecule has 7 nitrogen and oxygen atoms in total. The minimum atomic E-state index is -0.633. The predicted octanol–water partition coefficient (Wildman–Crippen LogP) is 3.52. The van der Waals surface area contributed by atoms with Gasteiger partial charge in [0.05, 0.1) is 21.3 Å². The van der Waals surface area contributed by atoms with Crippen molar-refractivity contribution in [3.8, 4) is 17.2 Å². The summed E-state index contributed by atoms with van der Waals surface area (Å²) in [4.78, 5) is 26.6. The van der Waals surface area contributed by atoms with E-state index in [1.807, 2.05) is 18.2 Å². The van der Waals surface area contributed by atoms with Crippen LogP contribution in [0.15, 0.2) is 36.4 Å². The average Bonchev–Trinajstić information content (AvgIpc) is 3.22. The molecule has 1 fully saturated rings. The maximum atomic E-state index is 14.6. The van der Waals surface area contributed by atoms with Gasteiger partial charge in [0.1, 0.15) is 11.6 Å². The Morgan fingerprint density at radius 3 is 2.47 bits per heavy atom. The van der Waals surface area contributed by atoms with E-state index in [2.05, 4.69) is 5.32 Å². The Labute approximate surface area is 200 Å². The highest BCUT2D eigenvalue weighted by molar-refractivity contribution is 5.80. The lowest BCUT2D eigenvalue weighted by molar-refractivity contribution is -0.130. The second kappa shape index (κ2) is 11.2. The molecule has 1 N–H and O–H groups in total. The lowest BCUT2D eigenvalue weighted by Gasteiger charge is -2.30. The molecule has 0 spiro atoms. The van der Waals surface area contributed by atoms with Crippen LogP contribution in [0.5, 0.6) is 17.2 Å². The van der Waals surface area contributed by atoms with Crippen molar-refractivity contribution < 1.29 is 28.2 Å². The number of hydrogen-bond acceptors (Lipinski definition) is 5. The Balaban J connectivity index is 1.59. The fourth-order valence-corrected chi connectivity index (χ4v) is 4.34. The molecule has 0 unspecified atom stereocenters. The van der Waals surface area contributed by atoms with E-state index < -0.39 is 5.54 Å². The molecule has 8 heteroatoms. The molecule has 2 amide bonds. The third-order valence-corrected chi connectivity index (χ3v) is 6.45. The fourth-order valence-electron chi connectivity index (χ4n) is 4.34. The number of nitrogens with zero attached hydrogens (tertiary/aromatic N) is 1. The number of halogens is 1. The molecule has 184 valence electrons. The van der Waals surface area contributed by atoms with Crippen LogP contribution in [0.25, 0.3) is 0 Å². The van der Waals surface area contributed by atoms with Crippen molar-refractivity contribution in [3.63, 3.8) is 0 Å². The molecule has 0 aromatic heterocycles. The van der Waals surface area contributed by atoms with E-state index in [-0.39, 0.29) is 24.1 Å². The van der Waals surface area contributed by atoms with Crippen molar-refractivity contribution in [2.24, 2.45) is 0 Å². The van der Waals surface area contributed by atoms with Crippen LogP contribution in [0.2, 0.25) is 0 Å². The highest BCUT2D eigenvalue weighted by Gasteiger charge is 2.38. The second-order valence-corrected chi connectivity index (χ2v) is 8.72. The van der Waals surface area contributed by atoms with Gasteiger partial charge in [0, 0.05) is 38.0 Å². The number of nitrogens with one attached hydrogen (secondary N) is 1. The van der Waals surface area contributed by atoms with Gasteiger partial charge in [0.25, 0.3) is 0 Å². The highest BCUT2D eigenvalue weighted by atomic mass is 19.1. The lowest BCUT2D eigenvalue weighted by Crippen LogP contribution is -2.45. The number of hydrogen-bond donors (Lipinski definition) is 1. The van der Waals surface area contributed by atoms with E-state index in [9.17, 15) is 14.0 Å². The zero-order valence-corrected chi connectivity index (χ0v) is 20.3. The minimum absolute atomic E-state index is 0.0174. The molecule has 2 aromatic rings. The van der Waals surface area contributed by atoms with Crippen molar-refractivity contribution in [3.05, 3.63) is 53.3 Å². The molecule has 1 aliphatic heterocycles. The first-order valence-corrected chi connectivity index (χ1v) is 11.4. The summed E-state index contributed by atoms with van der Waals surface area (Å²) in [6.07, 6.45) is 2.66. The predicted molar refractivity (Wildman–Crippen MR) is 127 cm³/mol. The molecule has 1 atom stereocenters. The third kappa shape index (κ3) is 6.18. The fraction of sp³-hybridized carbons (Fsp3) is 0.462. The normalized spacial score (nSPS) is 17.3. The van der Waals surface area contributed by atoms with Crippen molar-refractivity contribution in [2.75, 3.05) is 34.9 Å².